The summed E-state index contributed by atoms with van der Waals surface area (Å²) < 4.78 is 39.9. The normalized spacial score (nSPS) is 10.7. The molecule has 10 heteroatoms. The molecular weight excluding hydrogens is 357 g/mol. The Hall–Kier alpha value is -2.84. The zero-order valence-corrected chi connectivity index (χ0v) is 13.3. The summed E-state index contributed by atoms with van der Waals surface area (Å²) in [6.45, 7) is 0. The molecule has 0 spiro atoms. The van der Waals surface area contributed by atoms with E-state index in [0.29, 0.717) is 11.4 Å². The Morgan fingerprint density at radius 1 is 1.16 bits per heavy atom. The molecule has 2 rings (SSSR count). The molecule has 0 unspecified atom stereocenters. The molecule has 0 radical (unpaired) electrons. The predicted molar refractivity (Wildman–Crippen MR) is 87.7 cm³/mol. The van der Waals surface area contributed by atoms with Crippen LogP contribution >= 0.6 is 11.8 Å². The molecule has 0 saturated heterocycles. The van der Waals surface area contributed by atoms with Crippen LogP contribution in [0.5, 0.6) is 5.75 Å². The topological polar surface area (TPSA) is 87.1 Å². The van der Waals surface area contributed by atoms with Crippen LogP contribution in [0.25, 0.3) is 10.4 Å². The second-order valence-electron chi connectivity index (χ2n) is 4.59. The number of carbonyl (C=O) groups is 1. The Morgan fingerprint density at radius 3 is 2.36 bits per heavy atom. The maximum atomic E-state index is 12.1. The summed E-state index contributed by atoms with van der Waals surface area (Å²) in [4.78, 5) is 15.3. The van der Waals surface area contributed by atoms with E-state index < -0.39 is 6.36 Å². The van der Waals surface area contributed by atoms with E-state index in [2.05, 4.69) is 20.1 Å². The van der Waals surface area contributed by atoms with E-state index in [4.69, 9.17) is 5.53 Å². The summed E-state index contributed by atoms with van der Waals surface area (Å²) in [6, 6.07) is 11.5. The van der Waals surface area contributed by atoms with Crippen LogP contribution < -0.4 is 10.1 Å². The first-order valence-corrected chi connectivity index (χ1v) is 7.78. The van der Waals surface area contributed by atoms with Crippen molar-refractivity contribution >= 4 is 29.0 Å². The molecule has 130 valence electrons. The van der Waals surface area contributed by atoms with E-state index >= 15 is 0 Å². The first-order valence-electron chi connectivity index (χ1n) is 6.79. The summed E-state index contributed by atoms with van der Waals surface area (Å²) in [7, 11) is 0. The highest BCUT2D eigenvalue weighted by molar-refractivity contribution is 8.00. The average Bonchev–Trinajstić information content (AvgIpc) is 2.55. The van der Waals surface area contributed by atoms with Crippen LogP contribution in [0.3, 0.4) is 0 Å². The fourth-order valence-electron chi connectivity index (χ4n) is 1.75. The van der Waals surface area contributed by atoms with Crippen LogP contribution in [0.4, 0.5) is 24.5 Å². The zero-order valence-electron chi connectivity index (χ0n) is 12.5. The highest BCUT2D eigenvalue weighted by Crippen LogP contribution is 2.25. The molecule has 1 N–H and O–H groups in total. The van der Waals surface area contributed by atoms with Gasteiger partial charge in [-0.2, -0.15) is 0 Å². The van der Waals surface area contributed by atoms with Crippen molar-refractivity contribution in [3.63, 3.8) is 0 Å². The Morgan fingerprint density at radius 2 is 1.80 bits per heavy atom. The summed E-state index contributed by atoms with van der Waals surface area (Å²) in [5.74, 6) is -0.560. The summed E-state index contributed by atoms with van der Waals surface area (Å²) in [6.07, 6.45) is -4.75. The fraction of sp³-hybridized carbons (Fsp3) is 0.133. The predicted octanol–water partition coefficient (Wildman–Crippen LogP) is 5.26. The molecule has 2 aromatic carbocycles. The molecule has 0 aromatic heterocycles. The molecule has 6 nitrogen and oxygen atoms in total. The SMILES string of the molecule is [N-]=[N+]=Nc1ccc(SCC(=O)Nc2ccc(OC(F)(F)F)cc2)cc1. The lowest BCUT2D eigenvalue weighted by Crippen LogP contribution is -2.17. The number of carbonyl (C=O) groups excluding carboxylic acids is 1. The molecule has 25 heavy (non-hydrogen) atoms. The van der Waals surface area contributed by atoms with E-state index in [1.165, 1.54) is 23.9 Å². The molecule has 0 atom stereocenters. The zero-order chi connectivity index (χ0) is 18.3. The third-order valence-corrected chi connectivity index (χ3v) is 3.75. The van der Waals surface area contributed by atoms with Crippen molar-refractivity contribution in [2.75, 3.05) is 11.1 Å². The number of thioether (sulfide) groups is 1. The van der Waals surface area contributed by atoms with Crippen molar-refractivity contribution in [3.05, 3.63) is 59.0 Å². The Kier molecular flexibility index (Phi) is 6.15. The van der Waals surface area contributed by atoms with Gasteiger partial charge in [-0.25, -0.2) is 0 Å². The number of halogens is 3. The van der Waals surface area contributed by atoms with Crippen molar-refractivity contribution < 1.29 is 22.7 Å². The lowest BCUT2D eigenvalue weighted by molar-refractivity contribution is -0.274. The van der Waals surface area contributed by atoms with Gasteiger partial charge in [0.05, 0.1) is 5.75 Å². The molecule has 0 aliphatic carbocycles. The first-order chi connectivity index (χ1) is 11.9. The first kappa shape index (κ1) is 18.5. The van der Waals surface area contributed by atoms with Gasteiger partial charge in [0, 0.05) is 21.2 Å². The number of rotatable bonds is 6. The number of benzene rings is 2. The number of hydrogen-bond acceptors (Lipinski definition) is 4. The molecule has 0 heterocycles. The van der Waals surface area contributed by atoms with Crippen molar-refractivity contribution in [1.82, 2.24) is 0 Å². The van der Waals surface area contributed by atoms with Gasteiger partial charge in [0.2, 0.25) is 5.91 Å². The number of azide groups is 1. The summed E-state index contributed by atoms with van der Waals surface area (Å²) >= 11 is 1.27. The van der Waals surface area contributed by atoms with Crippen LogP contribution in [0.2, 0.25) is 0 Å². The summed E-state index contributed by atoms with van der Waals surface area (Å²) in [5.41, 5.74) is 9.14. The third kappa shape index (κ3) is 6.66. The van der Waals surface area contributed by atoms with Crippen LogP contribution in [-0.2, 0) is 4.79 Å². The number of nitrogens with one attached hydrogen (secondary N) is 1. The van der Waals surface area contributed by atoms with Crippen LogP contribution in [0.1, 0.15) is 0 Å². The molecule has 0 fully saturated rings. The van der Waals surface area contributed by atoms with Gasteiger partial charge in [-0.1, -0.05) is 17.2 Å². The van der Waals surface area contributed by atoms with Gasteiger partial charge >= 0.3 is 6.36 Å². The highest BCUT2D eigenvalue weighted by Gasteiger charge is 2.30. The third-order valence-electron chi connectivity index (χ3n) is 2.74. The minimum atomic E-state index is -4.75. The van der Waals surface area contributed by atoms with Crippen molar-refractivity contribution in [1.29, 1.82) is 0 Å². The van der Waals surface area contributed by atoms with Crippen molar-refractivity contribution in [2.24, 2.45) is 5.11 Å². The maximum absolute atomic E-state index is 12.1. The van der Waals surface area contributed by atoms with Crippen molar-refractivity contribution in [3.8, 4) is 5.75 Å². The van der Waals surface area contributed by atoms with E-state index in [-0.39, 0.29) is 17.4 Å². The molecule has 0 aliphatic heterocycles. The van der Waals surface area contributed by atoms with Gasteiger partial charge in [0.25, 0.3) is 0 Å². The van der Waals surface area contributed by atoms with E-state index in [1.54, 1.807) is 24.3 Å². The van der Waals surface area contributed by atoms with Crippen LogP contribution in [-0.4, -0.2) is 18.0 Å². The minimum Gasteiger partial charge on any atom is -0.406 e. The van der Waals surface area contributed by atoms with Crippen LogP contribution in [0.15, 0.2) is 58.5 Å². The quantitative estimate of drug-likeness (QED) is 0.327. The average molecular weight is 368 g/mol. The number of ether oxygens (including phenoxy) is 1. The largest absolute Gasteiger partial charge is 0.573 e. The highest BCUT2D eigenvalue weighted by atomic mass is 32.2. The fourth-order valence-corrected chi connectivity index (χ4v) is 2.45. The lowest BCUT2D eigenvalue weighted by atomic mass is 10.3. The van der Waals surface area contributed by atoms with Crippen LogP contribution in [0, 0.1) is 0 Å². The number of nitrogens with zero attached hydrogens (tertiary/aromatic N) is 3. The Bertz CT molecular complexity index is 773. The second-order valence-corrected chi connectivity index (χ2v) is 5.64. The van der Waals surface area contributed by atoms with Gasteiger partial charge in [-0.05, 0) is 41.9 Å². The molecule has 0 aliphatic rings. The van der Waals surface area contributed by atoms with Crippen molar-refractivity contribution in [2.45, 2.75) is 11.3 Å². The molecular formula is C15H11F3N4O2S. The van der Waals surface area contributed by atoms with Gasteiger partial charge in [0.15, 0.2) is 0 Å². The number of amides is 1. The van der Waals surface area contributed by atoms with E-state index in [0.717, 1.165) is 17.0 Å². The Labute approximate surface area is 144 Å². The molecule has 1 amide bonds. The smallest absolute Gasteiger partial charge is 0.406 e. The monoisotopic (exact) mass is 368 g/mol. The minimum absolute atomic E-state index is 0.113. The molecule has 0 bridgehead atoms. The second kappa shape index (κ2) is 8.32. The molecule has 2 aromatic rings. The maximum Gasteiger partial charge on any atom is 0.573 e. The number of hydrogen-bond donors (Lipinski definition) is 1. The van der Waals surface area contributed by atoms with E-state index in [1.807, 2.05) is 0 Å². The van der Waals surface area contributed by atoms with E-state index in [9.17, 15) is 18.0 Å². The standard InChI is InChI=1S/C15H11F3N4O2S/c16-15(17,18)24-12-5-1-10(2-6-12)20-14(23)9-25-13-7-3-11(4-8-13)21-22-19/h1-8H,9H2,(H,20,23). The van der Waals surface area contributed by atoms with Gasteiger partial charge in [-0.3, -0.25) is 4.79 Å². The van der Waals surface area contributed by atoms with Gasteiger partial charge in [0.1, 0.15) is 5.75 Å². The summed E-state index contributed by atoms with van der Waals surface area (Å²) in [5, 5.41) is 6.01. The van der Waals surface area contributed by atoms with Gasteiger partial charge in [-0.15, -0.1) is 24.9 Å². The lowest BCUT2D eigenvalue weighted by Gasteiger charge is -2.10. The Balaban J connectivity index is 1.84. The number of alkyl halides is 3. The molecule has 0 saturated carbocycles. The van der Waals surface area contributed by atoms with Gasteiger partial charge < -0.3 is 10.1 Å². The number of anilines is 1.